The van der Waals surface area contributed by atoms with Crippen molar-refractivity contribution in [1.29, 1.82) is 0 Å². The van der Waals surface area contributed by atoms with Gasteiger partial charge in [-0.2, -0.15) is 0 Å². The van der Waals surface area contributed by atoms with Crippen molar-refractivity contribution in [2.75, 3.05) is 0 Å². The van der Waals surface area contributed by atoms with Crippen molar-refractivity contribution >= 4 is 11.8 Å². The van der Waals surface area contributed by atoms with Gasteiger partial charge < -0.3 is 0 Å². The zero-order valence-electron chi connectivity index (χ0n) is 12.1. The summed E-state index contributed by atoms with van der Waals surface area (Å²) in [5.74, 6) is 0.178. The molecule has 0 aliphatic carbocycles. The number of amides is 2. The molecular formula is C14H28N2O2. The predicted octanol–water partition coefficient (Wildman–Crippen LogP) is 2.93. The van der Waals surface area contributed by atoms with E-state index in [4.69, 9.17) is 0 Å². The molecule has 0 heterocycles. The Labute approximate surface area is 111 Å². The lowest BCUT2D eigenvalue weighted by atomic mass is 10.0. The van der Waals surface area contributed by atoms with E-state index in [9.17, 15) is 9.59 Å². The van der Waals surface area contributed by atoms with Crippen molar-refractivity contribution in [2.24, 2.45) is 5.92 Å². The number of nitrogens with one attached hydrogen (secondary N) is 2. The van der Waals surface area contributed by atoms with Crippen molar-refractivity contribution in [3.63, 3.8) is 0 Å². The summed E-state index contributed by atoms with van der Waals surface area (Å²) in [5.41, 5.74) is 4.94. The number of carbonyl (C=O) groups excluding carboxylic acids is 2. The summed E-state index contributed by atoms with van der Waals surface area (Å²) in [5, 5.41) is 0. The van der Waals surface area contributed by atoms with Gasteiger partial charge in [-0.1, -0.05) is 52.9 Å². The Morgan fingerprint density at radius 3 is 2.22 bits per heavy atom. The van der Waals surface area contributed by atoms with Gasteiger partial charge >= 0.3 is 0 Å². The lowest BCUT2D eigenvalue weighted by molar-refractivity contribution is -0.129. The standard InChI is InChI=1S/C14H28N2O2/c1-4-6-7-8-10-13(17)15-16-14(18)11-12(3)9-5-2/h12H,4-11H2,1-3H3,(H,15,17)(H,16,18). The normalized spacial score (nSPS) is 11.9. The Kier molecular flexibility index (Phi) is 10.4. The fraction of sp³-hybridized carbons (Fsp3) is 0.857. The molecule has 4 heteroatoms. The monoisotopic (exact) mass is 256 g/mol. The first kappa shape index (κ1) is 16.9. The largest absolute Gasteiger partial charge is 0.273 e. The third-order valence-corrected chi connectivity index (χ3v) is 2.91. The first-order chi connectivity index (χ1) is 8.60. The molecule has 106 valence electrons. The Morgan fingerprint density at radius 1 is 0.944 bits per heavy atom. The van der Waals surface area contributed by atoms with Crippen molar-refractivity contribution < 1.29 is 9.59 Å². The molecule has 2 N–H and O–H groups in total. The minimum Gasteiger partial charge on any atom is -0.273 e. The second-order valence-electron chi connectivity index (χ2n) is 5.00. The maximum atomic E-state index is 11.5. The number of unbranched alkanes of at least 4 members (excludes halogenated alkanes) is 3. The van der Waals surface area contributed by atoms with E-state index in [0.717, 1.165) is 38.5 Å². The summed E-state index contributed by atoms with van der Waals surface area (Å²) in [7, 11) is 0. The summed E-state index contributed by atoms with van der Waals surface area (Å²) in [6.45, 7) is 6.29. The van der Waals surface area contributed by atoms with Gasteiger partial charge in [-0.15, -0.1) is 0 Å². The van der Waals surface area contributed by atoms with Gasteiger partial charge in [0.1, 0.15) is 0 Å². The maximum Gasteiger partial charge on any atom is 0.238 e. The highest BCUT2D eigenvalue weighted by Crippen LogP contribution is 2.08. The summed E-state index contributed by atoms with van der Waals surface area (Å²) in [6, 6.07) is 0. The van der Waals surface area contributed by atoms with Crippen LogP contribution >= 0.6 is 0 Å². The number of rotatable bonds is 9. The Balaban J connectivity index is 3.56. The number of hydrogen-bond donors (Lipinski definition) is 2. The van der Waals surface area contributed by atoms with E-state index in [0.29, 0.717) is 18.8 Å². The molecule has 2 amide bonds. The molecule has 1 atom stereocenters. The predicted molar refractivity (Wildman–Crippen MR) is 73.7 cm³/mol. The molecule has 4 nitrogen and oxygen atoms in total. The molecule has 0 saturated carbocycles. The van der Waals surface area contributed by atoms with Crippen molar-refractivity contribution in [3.05, 3.63) is 0 Å². The van der Waals surface area contributed by atoms with Crippen LogP contribution in [0.25, 0.3) is 0 Å². The van der Waals surface area contributed by atoms with Crippen LogP contribution in [0.2, 0.25) is 0 Å². The van der Waals surface area contributed by atoms with E-state index in [-0.39, 0.29) is 11.8 Å². The Hall–Kier alpha value is -1.06. The topological polar surface area (TPSA) is 58.2 Å². The molecule has 0 aliphatic heterocycles. The molecule has 0 fully saturated rings. The molecule has 0 spiro atoms. The van der Waals surface area contributed by atoms with E-state index >= 15 is 0 Å². The minimum absolute atomic E-state index is 0.0948. The molecule has 0 aromatic rings. The maximum absolute atomic E-state index is 11.5. The summed E-state index contributed by atoms with van der Waals surface area (Å²) in [4.78, 5) is 22.9. The highest BCUT2D eigenvalue weighted by atomic mass is 16.2. The summed E-state index contributed by atoms with van der Waals surface area (Å²) in [6.07, 6.45) is 7.38. The SMILES string of the molecule is CCCCCCC(=O)NNC(=O)CC(C)CCC. The van der Waals surface area contributed by atoms with Crippen LogP contribution < -0.4 is 10.9 Å². The Morgan fingerprint density at radius 2 is 1.61 bits per heavy atom. The van der Waals surface area contributed by atoms with Crippen LogP contribution in [-0.4, -0.2) is 11.8 Å². The number of hydrogen-bond acceptors (Lipinski definition) is 2. The lowest BCUT2D eigenvalue weighted by Crippen LogP contribution is -2.42. The molecule has 0 aromatic heterocycles. The minimum atomic E-state index is -0.0992. The molecule has 0 bridgehead atoms. The first-order valence-electron chi connectivity index (χ1n) is 7.17. The lowest BCUT2D eigenvalue weighted by Gasteiger charge is -2.11. The van der Waals surface area contributed by atoms with Gasteiger partial charge in [-0.05, 0) is 12.3 Å². The van der Waals surface area contributed by atoms with E-state index in [1.54, 1.807) is 0 Å². The second kappa shape index (κ2) is 11.1. The fourth-order valence-corrected chi connectivity index (χ4v) is 1.88. The van der Waals surface area contributed by atoms with E-state index in [2.05, 4.69) is 31.6 Å². The average Bonchev–Trinajstić information content (AvgIpc) is 2.32. The van der Waals surface area contributed by atoms with Gasteiger partial charge in [0.2, 0.25) is 11.8 Å². The third-order valence-electron chi connectivity index (χ3n) is 2.91. The smallest absolute Gasteiger partial charge is 0.238 e. The zero-order chi connectivity index (χ0) is 13.8. The molecule has 0 rings (SSSR count). The van der Waals surface area contributed by atoms with Crippen LogP contribution in [0.15, 0.2) is 0 Å². The quantitative estimate of drug-likeness (QED) is 0.492. The summed E-state index contributed by atoms with van der Waals surface area (Å²) >= 11 is 0. The highest BCUT2D eigenvalue weighted by molar-refractivity contribution is 5.81. The van der Waals surface area contributed by atoms with Crippen LogP contribution in [-0.2, 0) is 9.59 Å². The van der Waals surface area contributed by atoms with Gasteiger partial charge in [0, 0.05) is 12.8 Å². The second-order valence-corrected chi connectivity index (χ2v) is 5.00. The first-order valence-corrected chi connectivity index (χ1v) is 7.17. The Bertz CT molecular complexity index is 242. The van der Waals surface area contributed by atoms with Crippen LogP contribution in [0, 0.1) is 5.92 Å². The number of carbonyl (C=O) groups is 2. The van der Waals surface area contributed by atoms with Crippen LogP contribution in [0.3, 0.4) is 0 Å². The fourth-order valence-electron chi connectivity index (χ4n) is 1.88. The average molecular weight is 256 g/mol. The molecule has 0 saturated heterocycles. The van der Waals surface area contributed by atoms with Gasteiger partial charge in [0.15, 0.2) is 0 Å². The molecule has 0 aromatic carbocycles. The van der Waals surface area contributed by atoms with E-state index in [1.165, 1.54) is 0 Å². The van der Waals surface area contributed by atoms with Crippen molar-refractivity contribution in [3.8, 4) is 0 Å². The van der Waals surface area contributed by atoms with Crippen LogP contribution in [0.4, 0.5) is 0 Å². The number of hydrazine groups is 1. The molecule has 0 radical (unpaired) electrons. The van der Waals surface area contributed by atoms with Gasteiger partial charge in [-0.25, -0.2) is 0 Å². The van der Waals surface area contributed by atoms with Gasteiger partial charge in [0.05, 0.1) is 0 Å². The third kappa shape index (κ3) is 10.1. The van der Waals surface area contributed by atoms with Crippen LogP contribution in [0.1, 0.15) is 72.1 Å². The van der Waals surface area contributed by atoms with Crippen molar-refractivity contribution in [1.82, 2.24) is 10.9 Å². The van der Waals surface area contributed by atoms with Gasteiger partial charge in [-0.3, -0.25) is 20.4 Å². The van der Waals surface area contributed by atoms with Gasteiger partial charge in [0.25, 0.3) is 0 Å². The molecule has 18 heavy (non-hydrogen) atoms. The summed E-state index contributed by atoms with van der Waals surface area (Å²) < 4.78 is 0. The molecular weight excluding hydrogens is 228 g/mol. The zero-order valence-corrected chi connectivity index (χ0v) is 12.1. The highest BCUT2D eigenvalue weighted by Gasteiger charge is 2.09. The molecule has 0 aliphatic rings. The van der Waals surface area contributed by atoms with E-state index < -0.39 is 0 Å². The van der Waals surface area contributed by atoms with E-state index in [1.807, 2.05) is 0 Å². The molecule has 1 unspecified atom stereocenters. The van der Waals surface area contributed by atoms with Crippen LogP contribution in [0.5, 0.6) is 0 Å². The van der Waals surface area contributed by atoms with Crippen molar-refractivity contribution in [2.45, 2.75) is 72.1 Å².